The highest BCUT2D eigenvalue weighted by Gasteiger charge is 2.45. The monoisotopic (exact) mass is 399 g/mol. The molecule has 1 N–H and O–H groups in total. The molecular weight excluding hydrogens is 370 g/mol. The van der Waals surface area contributed by atoms with Crippen molar-refractivity contribution in [2.75, 3.05) is 25.5 Å². The molecule has 1 aliphatic carbocycles. The minimum Gasteiger partial charge on any atom is -0.497 e. The highest BCUT2D eigenvalue weighted by Crippen LogP contribution is 2.35. The van der Waals surface area contributed by atoms with E-state index < -0.39 is 5.60 Å². The van der Waals surface area contributed by atoms with Gasteiger partial charge in [0.25, 0.3) is 5.91 Å². The van der Waals surface area contributed by atoms with Gasteiger partial charge in [0.15, 0.2) is 5.60 Å². The number of rotatable bonds is 5. The van der Waals surface area contributed by atoms with Crippen LogP contribution in [0.5, 0.6) is 5.75 Å². The molecule has 1 aromatic rings. The second-order valence-corrected chi connectivity index (χ2v) is 8.45. The van der Waals surface area contributed by atoms with E-state index in [-0.39, 0.29) is 11.8 Å². The maximum atomic E-state index is 12.7. The fourth-order valence-electron chi connectivity index (χ4n) is 4.64. The summed E-state index contributed by atoms with van der Waals surface area (Å²) in [6.07, 6.45) is 7.57. The van der Waals surface area contributed by atoms with Gasteiger partial charge < -0.3 is 19.8 Å². The highest BCUT2D eigenvalue weighted by molar-refractivity contribution is 6.43. The zero-order valence-electron chi connectivity index (χ0n) is 17.0. The van der Waals surface area contributed by atoms with E-state index in [2.05, 4.69) is 10.5 Å². The third-order valence-corrected chi connectivity index (χ3v) is 6.28. The third-order valence-electron chi connectivity index (χ3n) is 6.28. The molecule has 3 aliphatic rings. The van der Waals surface area contributed by atoms with Crippen molar-refractivity contribution in [2.45, 2.75) is 57.0 Å². The minimum absolute atomic E-state index is 0.218. The molecule has 0 aromatic heterocycles. The maximum Gasteiger partial charge on any atom is 0.273 e. The van der Waals surface area contributed by atoms with Gasteiger partial charge in [-0.15, -0.1) is 0 Å². The van der Waals surface area contributed by atoms with Crippen LogP contribution in [0.1, 0.15) is 51.4 Å². The second-order valence-electron chi connectivity index (χ2n) is 8.45. The molecule has 0 bridgehead atoms. The summed E-state index contributed by atoms with van der Waals surface area (Å²) in [6, 6.07) is 7.15. The molecule has 7 nitrogen and oxygen atoms in total. The Morgan fingerprint density at radius 2 is 2.00 bits per heavy atom. The van der Waals surface area contributed by atoms with Crippen LogP contribution in [0.15, 0.2) is 29.4 Å². The highest BCUT2D eigenvalue weighted by atomic mass is 16.7. The number of nitrogens with one attached hydrogen (secondary N) is 1. The Morgan fingerprint density at radius 3 is 2.72 bits per heavy atom. The van der Waals surface area contributed by atoms with Crippen molar-refractivity contribution in [3.63, 3.8) is 0 Å². The van der Waals surface area contributed by atoms with Crippen molar-refractivity contribution < 1.29 is 19.2 Å². The van der Waals surface area contributed by atoms with E-state index >= 15 is 0 Å². The quantitative estimate of drug-likeness (QED) is 0.823. The molecule has 2 amide bonds. The van der Waals surface area contributed by atoms with Crippen LogP contribution in [-0.2, 0) is 14.4 Å². The van der Waals surface area contributed by atoms with Gasteiger partial charge in [-0.2, -0.15) is 0 Å². The molecule has 1 spiro atoms. The number of hydrogen-bond acceptors (Lipinski definition) is 5. The summed E-state index contributed by atoms with van der Waals surface area (Å²) in [6.45, 7) is 1.28. The average molecular weight is 399 g/mol. The number of ether oxygens (including phenoxy) is 1. The number of methoxy groups -OCH3 is 1. The second kappa shape index (κ2) is 8.43. The predicted molar refractivity (Wildman–Crippen MR) is 110 cm³/mol. The van der Waals surface area contributed by atoms with Gasteiger partial charge in [-0.3, -0.25) is 9.59 Å². The van der Waals surface area contributed by atoms with Crippen molar-refractivity contribution in [1.29, 1.82) is 0 Å². The Labute approximate surface area is 171 Å². The van der Waals surface area contributed by atoms with E-state index in [1.54, 1.807) is 31.4 Å². The van der Waals surface area contributed by atoms with Crippen LogP contribution in [0.3, 0.4) is 0 Å². The number of benzene rings is 1. The number of carbonyl (C=O) groups is 2. The van der Waals surface area contributed by atoms with Crippen LogP contribution in [-0.4, -0.2) is 48.2 Å². The van der Waals surface area contributed by atoms with Crippen molar-refractivity contribution in [3.05, 3.63) is 24.3 Å². The Kier molecular flexibility index (Phi) is 5.74. The largest absolute Gasteiger partial charge is 0.497 e. The van der Waals surface area contributed by atoms with Crippen molar-refractivity contribution in [2.24, 2.45) is 11.1 Å². The molecule has 1 unspecified atom stereocenters. The predicted octanol–water partition coefficient (Wildman–Crippen LogP) is 3.35. The zero-order valence-corrected chi connectivity index (χ0v) is 17.0. The van der Waals surface area contributed by atoms with Crippen LogP contribution in [0.4, 0.5) is 5.69 Å². The molecular formula is C22H29N3O4. The van der Waals surface area contributed by atoms with Gasteiger partial charge in [0, 0.05) is 25.1 Å². The fourth-order valence-corrected chi connectivity index (χ4v) is 4.64. The molecule has 7 heteroatoms. The molecule has 156 valence electrons. The van der Waals surface area contributed by atoms with Crippen LogP contribution < -0.4 is 10.1 Å². The molecule has 4 rings (SSSR count). The molecule has 2 fully saturated rings. The topological polar surface area (TPSA) is 80.2 Å². The van der Waals surface area contributed by atoms with Gasteiger partial charge in [-0.1, -0.05) is 18.0 Å². The smallest absolute Gasteiger partial charge is 0.273 e. The van der Waals surface area contributed by atoms with Crippen molar-refractivity contribution in [1.82, 2.24) is 4.90 Å². The summed E-state index contributed by atoms with van der Waals surface area (Å²) in [5.41, 5.74) is 0.498. The first-order valence-corrected chi connectivity index (χ1v) is 10.6. The van der Waals surface area contributed by atoms with Crippen LogP contribution >= 0.6 is 0 Å². The summed E-state index contributed by atoms with van der Waals surface area (Å²) >= 11 is 0. The van der Waals surface area contributed by atoms with Crippen LogP contribution in [0.2, 0.25) is 0 Å². The molecule has 29 heavy (non-hydrogen) atoms. The summed E-state index contributed by atoms with van der Waals surface area (Å²) in [4.78, 5) is 33.0. The molecule has 2 aliphatic heterocycles. The Morgan fingerprint density at radius 1 is 1.24 bits per heavy atom. The van der Waals surface area contributed by atoms with E-state index in [1.165, 1.54) is 25.7 Å². The molecule has 1 atom stereocenters. The summed E-state index contributed by atoms with van der Waals surface area (Å²) < 4.78 is 5.13. The molecule has 1 saturated heterocycles. The summed E-state index contributed by atoms with van der Waals surface area (Å²) in [5.74, 6) is 1.22. The number of amides is 2. The van der Waals surface area contributed by atoms with Gasteiger partial charge in [0.1, 0.15) is 11.5 Å². The molecule has 1 aromatic carbocycles. The number of oxime groups is 1. The van der Waals surface area contributed by atoms with Gasteiger partial charge in [0.05, 0.1) is 13.7 Å². The average Bonchev–Trinajstić information content (AvgIpc) is 3.39. The zero-order chi connectivity index (χ0) is 20.3. The molecule has 0 radical (unpaired) electrons. The van der Waals surface area contributed by atoms with E-state index in [4.69, 9.17) is 9.57 Å². The molecule has 1 saturated carbocycles. The minimum atomic E-state index is -0.559. The van der Waals surface area contributed by atoms with E-state index in [0.717, 1.165) is 25.1 Å². The van der Waals surface area contributed by atoms with Gasteiger partial charge >= 0.3 is 0 Å². The number of anilines is 1. The lowest BCUT2D eigenvalue weighted by Gasteiger charge is -2.38. The summed E-state index contributed by atoms with van der Waals surface area (Å²) in [5, 5.41) is 6.94. The number of piperidine rings is 1. The Balaban J connectivity index is 1.33. The first kappa shape index (κ1) is 19.7. The number of carbonyl (C=O) groups excluding carboxylic acids is 2. The van der Waals surface area contributed by atoms with Gasteiger partial charge in [-0.05, 0) is 55.9 Å². The Bertz CT molecular complexity index is 786. The standard InChI is InChI=1S/C22H29N3O4/c1-28-18-9-7-17(8-10-18)23-21(27)19-14-22(29-24-19)11-4-12-25(15-22)20(26)13-16-5-2-3-6-16/h7-10,16H,2-6,11-15H2,1H3,(H,23,27). The van der Waals surface area contributed by atoms with E-state index in [9.17, 15) is 9.59 Å². The van der Waals surface area contributed by atoms with Gasteiger partial charge in [-0.25, -0.2) is 0 Å². The number of likely N-dealkylation sites (tertiary alicyclic amines) is 1. The third kappa shape index (κ3) is 4.54. The van der Waals surface area contributed by atoms with Crippen LogP contribution in [0.25, 0.3) is 0 Å². The van der Waals surface area contributed by atoms with E-state index in [0.29, 0.717) is 36.7 Å². The fraction of sp³-hybridized carbons (Fsp3) is 0.591. The van der Waals surface area contributed by atoms with Crippen LogP contribution in [0, 0.1) is 5.92 Å². The maximum absolute atomic E-state index is 12.7. The summed E-state index contributed by atoms with van der Waals surface area (Å²) in [7, 11) is 1.60. The van der Waals surface area contributed by atoms with Crippen molar-refractivity contribution >= 4 is 23.2 Å². The molecule has 2 heterocycles. The van der Waals surface area contributed by atoms with E-state index in [1.807, 2.05) is 4.90 Å². The first-order chi connectivity index (χ1) is 14.1. The van der Waals surface area contributed by atoms with Gasteiger partial charge in [0.2, 0.25) is 5.91 Å². The normalized spacial score (nSPS) is 24.3. The number of hydrogen-bond donors (Lipinski definition) is 1. The number of nitrogens with zero attached hydrogens (tertiary/aromatic N) is 2. The Hall–Kier alpha value is -2.57. The van der Waals surface area contributed by atoms with Crippen molar-refractivity contribution in [3.8, 4) is 5.75 Å². The SMILES string of the molecule is COc1ccc(NC(=O)C2=NOC3(CCCN(C(=O)CC4CCCC4)C3)C2)cc1. The lowest BCUT2D eigenvalue weighted by atomic mass is 9.87. The lowest BCUT2D eigenvalue weighted by molar-refractivity contribution is -0.141. The first-order valence-electron chi connectivity index (χ1n) is 10.6. The lowest BCUT2D eigenvalue weighted by Crippen LogP contribution is -2.51.